The third kappa shape index (κ3) is 4.63. The lowest BCUT2D eigenvalue weighted by Crippen LogP contribution is -2.24. The van der Waals surface area contributed by atoms with E-state index in [1.807, 2.05) is 0 Å². The van der Waals surface area contributed by atoms with E-state index in [9.17, 15) is 0 Å². The predicted molar refractivity (Wildman–Crippen MR) is 233 cm³/mol. The minimum Gasteiger partial charge on any atom is -0.310 e. The van der Waals surface area contributed by atoms with E-state index in [-0.39, 0.29) is 10.8 Å². The second kappa shape index (κ2) is 11.5. The highest BCUT2D eigenvalue weighted by molar-refractivity contribution is 6.11. The molecule has 0 N–H and O–H groups in total. The molecular weight excluding hydrogens is 695 g/mol. The molecule has 1 unspecified atom stereocenters. The van der Waals surface area contributed by atoms with Gasteiger partial charge in [-0.3, -0.25) is 0 Å². The van der Waals surface area contributed by atoms with Crippen LogP contribution in [-0.2, 0) is 11.8 Å². The van der Waals surface area contributed by atoms with Gasteiger partial charge in [0.25, 0.3) is 0 Å². The Hall–Kier alpha value is -6.98. The maximum absolute atomic E-state index is 5.28. The Bertz CT molecular complexity index is 3320. The highest BCUT2D eigenvalue weighted by atomic mass is 15.0. The van der Waals surface area contributed by atoms with Crippen molar-refractivity contribution in [3.05, 3.63) is 180 Å². The number of benzene rings is 6. The summed E-state index contributed by atoms with van der Waals surface area (Å²) < 4.78 is 2.47. The maximum atomic E-state index is 5.28. The van der Waals surface area contributed by atoms with Gasteiger partial charge < -0.3 is 4.57 Å². The van der Waals surface area contributed by atoms with Gasteiger partial charge >= 0.3 is 0 Å². The Morgan fingerprint density at radius 2 is 1.46 bits per heavy atom. The van der Waals surface area contributed by atoms with Crippen LogP contribution < -0.4 is 0 Å². The van der Waals surface area contributed by atoms with Crippen LogP contribution in [-0.4, -0.2) is 24.5 Å². The van der Waals surface area contributed by atoms with E-state index in [1.165, 1.54) is 60.8 Å². The van der Waals surface area contributed by atoms with Crippen molar-refractivity contribution in [2.24, 2.45) is 5.41 Å². The molecule has 1 atom stereocenters. The number of fused-ring (bicyclic) bond motifs is 11. The van der Waals surface area contributed by atoms with Crippen molar-refractivity contribution in [2.45, 2.75) is 32.6 Å². The molecule has 0 amide bonds. The van der Waals surface area contributed by atoms with E-state index in [4.69, 9.17) is 19.9 Å². The van der Waals surface area contributed by atoms with Gasteiger partial charge in [-0.2, -0.15) is 0 Å². The molecule has 57 heavy (non-hydrogen) atoms. The van der Waals surface area contributed by atoms with Crippen LogP contribution in [0, 0.1) is 5.41 Å². The molecule has 5 nitrogen and oxygen atoms in total. The fourth-order valence-corrected chi connectivity index (χ4v) is 9.93. The van der Waals surface area contributed by atoms with Crippen LogP contribution in [0.3, 0.4) is 0 Å². The van der Waals surface area contributed by atoms with E-state index in [2.05, 4.69) is 171 Å². The minimum atomic E-state index is -0.132. The van der Waals surface area contributed by atoms with Crippen LogP contribution in [0.4, 0.5) is 0 Å². The van der Waals surface area contributed by atoms with Crippen molar-refractivity contribution < 1.29 is 0 Å². The van der Waals surface area contributed by atoms with Gasteiger partial charge in [0.1, 0.15) is 11.2 Å². The highest BCUT2D eigenvalue weighted by Crippen LogP contribution is 2.50. The molecule has 270 valence electrons. The molecule has 0 spiro atoms. The molecule has 3 heterocycles. The van der Waals surface area contributed by atoms with Crippen LogP contribution in [0.2, 0.25) is 0 Å². The van der Waals surface area contributed by atoms with Crippen LogP contribution in [0.1, 0.15) is 43.2 Å². The first kappa shape index (κ1) is 32.3. The average molecular weight is 732 g/mol. The fraction of sp³-hybridized carbons (Fsp3) is 0.115. The maximum Gasteiger partial charge on any atom is 0.182 e. The van der Waals surface area contributed by atoms with Crippen molar-refractivity contribution in [1.82, 2.24) is 24.5 Å². The number of allylic oxidation sites excluding steroid dienone is 5. The van der Waals surface area contributed by atoms with Gasteiger partial charge in [-0.1, -0.05) is 130 Å². The molecule has 12 rings (SSSR count). The third-order valence-corrected chi connectivity index (χ3v) is 12.9. The van der Waals surface area contributed by atoms with Gasteiger partial charge in [-0.05, 0) is 97.8 Å². The Labute approximate surface area is 330 Å². The zero-order valence-corrected chi connectivity index (χ0v) is 32.0. The smallest absolute Gasteiger partial charge is 0.182 e. The third-order valence-electron chi connectivity index (χ3n) is 12.9. The number of nitrogens with zero attached hydrogens (tertiary/aromatic N) is 5. The molecule has 0 saturated carbocycles. The first-order valence-corrected chi connectivity index (χ1v) is 19.8. The molecule has 0 aliphatic heterocycles. The van der Waals surface area contributed by atoms with E-state index in [1.54, 1.807) is 12.4 Å². The van der Waals surface area contributed by atoms with Crippen molar-refractivity contribution in [2.75, 3.05) is 0 Å². The zero-order chi connectivity index (χ0) is 38.0. The van der Waals surface area contributed by atoms with Gasteiger partial charge in [0.05, 0.1) is 11.2 Å². The lowest BCUT2D eigenvalue weighted by atomic mass is 9.71. The van der Waals surface area contributed by atoms with Crippen LogP contribution in [0.5, 0.6) is 0 Å². The van der Waals surface area contributed by atoms with Crippen LogP contribution >= 0.6 is 0 Å². The molecule has 3 aromatic heterocycles. The predicted octanol–water partition coefficient (Wildman–Crippen LogP) is 12.4. The van der Waals surface area contributed by atoms with E-state index >= 15 is 0 Å². The number of rotatable bonds is 3. The highest BCUT2D eigenvalue weighted by Gasteiger charge is 2.36. The lowest BCUT2D eigenvalue weighted by Gasteiger charge is -2.33. The molecule has 0 fully saturated rings. The van der Waals surface area contributed by atoms with Gasteiger partial charge in [0.2, 0.25) is 0 Å². The summed E-state index contributed by atoms with van der Waals surface area (Å²) in [7, 11) is 0. The van der Waals surface area contributed by atoms with Gasteiger partial charge in [-0.15, -0.1) is 0 Å². The van der Waals surface area contributed by atoms with E-state index < -0.39 is 0 Å². The van der Waals surface area contributed by atoms with Gasteiger partial charge in [0, 0.05) is 45.4 Å². The summed E-state index contributed by atoms with van der Waals surface area (Å²) in [6, 6.07) is 42.1. The summed E-state index contributed by atoms with van der Waals surface area (Å²) in [4.78, 5) is 19.7. The molecule has 3 aliphatic rings. The molecule has 0 bridgehead atoms. The second-order valence-corrected chi connectivity index (χ2v) is 16.6. The first-order valence-electron chi connectivity index (χ1n) is 19.8. The molecule has 6 aromatic carbocycles. The summed E-state index contributed by atoms with van der Waals surface area (Å²) in [5, 5.41) is 6.18. The number of hydrogen-bond acceptors (Lipinski definition) is 4. The van der Waals surface area contributed by atoms with Crippen molar-refractivity contribution in [3.63, 3.8) is 0 Å². The monoisotopic (exact) mass is 731 g/mol. The Morgan fingerprint density at radius 1 is 0.649 bits per heavy atom. The molecule has 0 saturated heterocycles. The lowest BCUT2D eigenvalue weighted by molar-refractivity contribution is 0.517. The summed E-state index contributed by atoms with van der Waals surface area (Å²) >= 11 is 0. The largest absolute Gasteiger partial charge is 0.310 e. The quantitative estimate of drug-likeness (QED) is 0.182. The van der Waals surface area contributed by atoms with E-state index in [0.717, 1.165) is 39.7 Å². The molecule has 5 heteroatoms. The van der Waals surface area contributed by atoms with Crippen molar-refractivity contribution >= 4 is 49.7 Å². The minimum absolute atomic E-state index is 0.0415. The topological polar surface area (TPSA) is 56.5 Å². The number of hydrogen-bond donors (Lipinski definition) is 0. The van der Waals surface area contributed by atoms with Gasteiger partial charge in [-0.25, -0.2) is 19.9 Å². The summed E-state index contributed by atoms with van der Waals surface area (Å²) in [6.07, 6.45) is 15.8. The molecular formula is C52H37N5. The Morgan fingerprint density at radius 3 is 2.40 bits per heavy atom. The first-order chi connectivity index (χ1) is 27.8. The molecule has 0 radical (unpaired) electrons. The summed E-state index contributed by atoms with van der Waals surface area (Å²) in [6.45, 7) is 6.98. The SMILES string of the molecule is CC12C=CC=CC1=Cc1c(c3c4ccccc4ccc3n1-c1ccc3ccc(-c4nc(-c5ccc6c(c5)C(C)(C)c5ccccc5-6)c5nccnc5n4)cc3c1)C2. The Balaban J connectivity index is 1.02. The van der Waals surface area contributed by atoms with Crippen LogP contribution in [0.25, 0.3) is 89.1 Å². The van der Waals surface area contributed by atoms with Crippen LogP contribution in [0.15, 0.2) is 158 Å². The van der Waals surface area contributed by atoms with Crippen molar-refractivity contribution in [3.8, 4) is 39.5 Å². The van der Waals surface area contributed by atoms with E-state index in [0.29, 0.717) is 17.0 Å². The Kier molecular flexibility index (Phi) is 6.53. The number of aromatic nitrogens is 5. The average Bonchev–Trinajstić information content (AvgIpc) is 3.68. The summed E-state index contributed by atoms with van der Waals surface area (Å²) in [5.41, 5.74) is 15.4. The summed E-state index contributed by atoms with van der Waals surface area (Å²) in [5.74, 6) is 0.629. The fourth-order valence-electron chi connectivity index (χ4n) is 9.93. The van der Waals surface area contributed by atoms with Crippen molar-refractivity contribution in [1.29, 1.82) is 0 Å². The zero-order valence-electron chi connectivity index (χ0n) is 32.0. The van der Waals surface area contributed by atoms with Gasteiger partial charge in [0.15, 0.2) is 11.5 Å². The standard InChI is InChI=1S/C52H37N5/c1-51(2)42-14-7-6-13-39(42)40-21-18-33(28-43(40)51)47-48-50(54-25-24-53-48)56-49(55-47)34-16-15-31-17-20-37(27-35(31)26-34)57-44-22-19-32-10-4-5-12-38(32)46(44)41-30-52(3)23-9-8-11-36(52)29-45(41)57/h4-29H,30H2,1-3H3. The normalized spacial score (nSPS) is 17.5. The second-order valence-electron chi connectivity index (χ2n) is 16.6. The molecule has 9 aromatic rings. The molecule has 3 aliphatic carbocycles.